The number of aromatic nitrogens is 1. The molecule has 14 heavy (non-hydrogen) atoms. The second kappa shape index (κ2) is 5.61. The number of hydrogen-bond donors (Lipinski definition) is 0. The van der Waals surface area contributed by atoms with Crippen molar-refractivity contribution in [3.63, 3.8) is 0 Å². The third-order valence-electron chi connectivity index (χ3n) is 2.04. The highest BCUT2D eigenvalue weighted by Gasteiger charge is 2.22. The molecule has 1 aromatic heterocycles. The molecule has 0 radical (unpaired) electrons. The molecule has 0 spiro atoms. The van der Waals surface area contributed by atoms with Gasteiger partial charge in [0.05, 0.1) is 0 Å². The molecule has 0 amide bonds. The van der Waals surface area contributed by atoms with E-state index < -0.39 is 0 Å². The molecular weight excluding hydrogens is 374 g/mol. The predicted molar refractivity (Wildman–Crippen MR) is 71.3 cm³/mol. The lowest BCUT2D eigenvalue weighted by Crippen LogP contribution is -2.23. The molecule has 0 aliphatic carbocycles. The second-order valence-electron chi connectivity index (χ2n) is 3.72. The summed E-state index contributed by atoms with van der Waals surface area (Å²) in [5.41, 5.74) is 1.37. The van der Waals surface area contributed by atoms with Crippen LogP contribution in [0.15, 0.2) is 22.8 Å². The molecular formula is C10H12Br3N. The average molecular weight is 386 g/mol. The molecule has 1 nitrogen and oxygen atoms in total. The summed E-state index contributed by atoms with van der Waals surface area (Å²) >= 11 is 10.5. The van der Waals surface area contributed by atoms with Crippen LogP contribution >= 0.6 is 47.8 Å². The van der Waals surface area contributed by atoms with E-state index in [9.17, 15) is 0 Å². The van der Waals surface area contributed by atoms with E-state index in [1.54, 1.807) is 0 Å². The molecule has 4 heteroatoms. The second-order valence-corrected chi connectivity index (χ2v) is 5.76. The van der Waals surface area contributed by atoms with Crippen LogP contribution in [0.1, 0.15) is 12.6 Å². The molecule has 0 aliphatic heterocycles. The average Bonchev–Trinajstić information content (AvgIpc) is 2.21. The Balaban J connectivity index is 2.72. The van der Waals surface area contributed by atoms with Gasteiger partial charge in [-0.05, 0) is 39.9 Å². The monoisotopic (exact) mass is 383 g/mol. The highest BCUT2D eigenvalue weighted by molar-refractivity contribution is 9.10. The molecule has 0 unspecified atom stereocenters. The van der Waals surface area contributed by atoms with Crippen LogP contribution in [-0.2, 0) is 6.42 Å². The first-order valence-corrected chi connectivity index (χ1v) is 7.35. The largest absolute Gasteiger partial charge is 0.260 e. The maximum absolute atomic E-state index is 4.37. The highest BCUT2D eigenvalue weighted by Crippen LogP contribution is 2.26. The van der Waals surface area contributed by atoms with Gasteiger partial charge in [0.25, 0.3) is 0 Å². The number of alkyl halides is 2. The van der Waals surface area contributed by atoms with Crippen molar-refractivity contribution < 1.29 is 0 Å². The smallest absolute Gasteiger partial charge is 0.0413 e. The minimum atomic E-state index is 0.237. The van der Waals surface area contributed by atoms with Gasteiger partial charge in [-0.2, -0.15) is 0 Å². The van der Waals surface area contributed by atoms with Gasteiger partial charge in [0, 0.05) is 27.0 Å². The van der Waals surface area contributed by atoms with Crippen molar-refractivity contribution in [2.45, 2.75) is 13.3 Å². The first-order chi connectivity index (χ1) is 6.59. The molecule has 0 atom stereocenters. The van der Waals surface area contributed by atoms with E-state index >= 15 is 0 Å². The van der Waals surface area contributed by atoms with E-state index in [0.717, 1.165) is 27.2 Å². The molecule has 0 bridgehead atoms. The van der Waals surface area contributed by atoms with E-state index in [0.29, 0.717) is 0 Å². The van der Waals surface area contributed by atoms with Crippen molar-refractivity contribution in [3.8, 4) is 0 Å². The van der Waals surface area contributed by atoms with Gasteiger partial charge < -0.3 is 0 Å². The third-order valence-corrected chi connectivity index (χ3v) is 5.22. The Kier molecular flexibility index (Phi) is 5.08. The normalized spacial score (nSPS) is 11.7. The summed E-state index contributed by atoms with van der Waals surface area (Å²) in [5.74, 6) is 0. The van der Waals surface area contributed by atoms with Crippen LogP contribution in [-0.4, -0.2) is 15.6 Å². The van der Waals surface area contributed by atoms with Gasteiger partial charge in [-0.3, -0.25) is 4.98 Å². The van der Waals surface area contributed by atoms with Crippen molar-refractivity contribution in [1.29, 1.82) is 0 Å². The standard InChI is InChI=1S/C10H12Br3N/c1-10(6-11,7-12)4-9-3-2-8(13)5-14-9/h2-3,5H,4,6-7H2,1H3. The third kappa shape index (κ3) is 3.63. The Morgan fingerprint density at radius 2 is 1.93 bits per heavy atom. The zero-order valence-electron chi connectivity index (χ0n) is 7.93. The van der Waals surface area contributed by atoms with Crippen LogP contribution in [0.2, 0.25) is 0 Å². The van der Waals surface area contributed by atoms with Crippen molar-refractivity contribution in [2.75, 3.05) is 10.7 Å². The van der Waals surface area contributed by atoms with Crippen molar-refractivity contribution in [1.82, 2.24) is 4.98 Å². The van der Waals surface area contributed by atoms with Crippen LogP contribution in [0.4, 0.5) is 0 Å². The van der Waals surface area contributed by atoms with Gasteiger partial charge in [-0.1, -0.05) is 38.8 Å². The fourth-order valence-corrected chi connectivity index (χ4v) is 2.64. The van der Waals surface area contributed by atoms with E-state index in [4.69, 9.17) is 0 Å². The lowest BCUT2D eigenvalue weighted by Gasteiger charge is -2.23. The van der Waals surface area contributed by atoms with E-state index in [1.165, 1.54) is 0 Å². The lowest BCUT2D eigenvalue weighted by molar-refractivity contribution is 0.433. The number of rotatable bonds is 4. The van der Waals surface area contributed by atoms with Gasteiger partial charge in [0.2, 0.25) is 0 Å². The first kappa shape index (κ1) is 12.7. The minimum Gasteiger partial charge on any atom is -0.260 e. The summed E-state index contributed by atoms with van der Waals surface area (Å²) in [6.07, 6.45) is 2.83. The van der Waals surface area contributed by atoms with Crippen molar-refractivity contribution in [3.05, 3.63) is 28.5 Å². The van der Waals surface area contributed by atoms with Crippen LogP contribution in [0.3, 0.4) is 0 Å². The Hall–Kier alpha value is 0.590. The fraction of sp³-hybridized carbons (Fsp3) is 0.500. The van der Waals surface area contributed by atoms with Gasteiger partial charge in [0.1, 0.15) is 0 Å². The van der Waals surface area contributed by atoms with Gasteiger partial charge in [0.15, 0.2) is 0 Å². The maximum atomic E-state index is 4.37. The van der Waals surface area contributed by atoms with Gasteiger partial charge in [-0.15, -0.1) is 0 Å². The maximum Gasteiger partial charge on any atom is 0.0413 e. The molecule has 0 N–H and O–H groups in total. The summed E-state index contributed by atoms with van der Waals surface area (Å²) in [6, 6.07) is 4.10. The lowest BCUT2D eigenvalue weighted by atomic mass is 9.90. The summed E-state index contributed by atoms with van der Waals surface area (Å²) in [4.78, 5) is 4.37. The summed E-state index contributed by atoms with van der Waals surface area (Å²) in [6.45, 7) is 2.24. The Morgan fingerprint density at radius 1 is 1.29 bits per heavy atom. The number of pyridine rings is 1. The van der Waals surface area contributed by atoms with Crippen LogP contribution in [0.25, 0.3) is 0 Å². The Morgan fingerprint density at radius 3 is 2.36 bits per heavy atom. The molecule has 0 aliphatic rings. The fourth-order valence-electron chi connectivity index (χ4n) is 1.08. The Bertz CT molecular complexity index is 280. The molecule has 0 fully saturated rings. The van der Waals surface area contributed by atoms with Gasteiger partial charge in [-0.25, -0.2) is 0 Å². The topological polar surface area (TPSA) is 12.9 Å². The zero-order chi connectivity index (χ0) is 10.6. The Labute approximate surface area is 110 Å². The molecule has 0 saturated carbocycles. The van der Waals surface area contributed by atoms with Crippen LogP contribution < -0.4 is 0 Å². The quantitative estimate of drug-likeness (QED) is 0.708. The molecule has 0 aromatic carbocycles. The molecule has 1 rings (SSSR count). The molecule has 1 heterocycles. The molecule has 1 aromatic rings. The zero-order valence-corrected chi connectivity index (χ0v) is 12.7. The summed E-state index contributed by atoms with van der Waals surface area (Å²) < 4.78 is 1.03. The number of hydrogen-bond acceptors (Lipinski definition) is 1. The van der Waals surface area contributed by atoms with E-state index in [1.807, 2.05) is 12.3 Å². The van der Waals surface area contributed by atoms with Crippen molar-refractivity contribution in [2.24, 2.45) is 5.41 Å². The van der Waals surface area contributed by atoms with E-state index in [2.05, 4.69) is 65.8 Å². The first-order valence-electron chi connectivity index (χ1n) is 4.32. The summed E-state index contributed by atoms with van der Waals surface area (Å²) in [7, 11) is 0. The highest BCUT2D eigenvalue weighted by atomic mass is 79.9. The van der Waals surface area contributed by atoms with Gasteiger partial charge >= 0.3 is 0 Å². The number of nitrogens with zero attached hydrogens (tertiary/aromatic N) is 1. The number of halogens is 3. The van der Waals surface area contributed by atoms with Crippen LogP contribution in [0.5, 0.6) is 0 Å². The molecule has 0 saturated heterocycles. The SMILES string of the molecule is CC(CBr)(CBr)Cc1ccc(Br)cn1. The summed E-state index contributed by atoms with van der Waals surface area (Å²) in [5, 5.41) is 1.95. The van der Waals surface area contributed by atoms with Crippen molar-refractivity contribution >= 4 is 47.8 Å². The molecule has 78 valence electrons. The van der Waals surface area contributed by atoms with Crippen LogP contribution in [0, 0.1) is 5.41 Å². The minimum absolute atomic E-state index is 0.237. The van der Waals surface area contributed by atoms with E-state index in [-0.39, 0.29) is 5.41 Å². The predicted octanol–water partition coefficient (Wildman–Crippen LogP) is 4.18.